The molecule has 2 heterocycles. The molecule has 0 saturated carbocycles. The van der Waals surface area contributed by atoms with Crippen LogP contribution < -0.4 is 14.4 Å². The number of halogens is 2. The summed E-state index contributed by atoms with van der Waals surface area (Å²) < 4.78 is 68.6. The molecule has 4 aromatic carbocycles. The van der Waals surface area contributed by atoms with Crippen LogP contribution in [0, 0.1) is 18.6 Å². The lowest BCUT2D eigenvalue weighted by atomic mass is 9.96. The number of carboxylic acids is 1. The van der Waals surface area contributed by atoms with Crippen molar-refractivity contribution in [3.05, 3.63) is 95.6 Å². The van der Waals surface area contributed by atoms with Crippen LogP contribution in [0.25, 0.3) is 55.6 Å². The zero-order valence-corrected chi connectivity index (χ0v) is 27.9. The Bertz CT molecular complexity index is 2420. The Labute approximate surface area is 280 Å². The van der Waals surface area contributed by atoms with Crippen LogP contribution in [-0.4, -0.2) is 57.4 Å². The summed E-state index contributed by atoms with van der Waals surface area (Å²) in [5.74, 6) is -2.07. The van der Waals surface area contributed by atoms with Crippen LogP contribution in [0.5, 0.6) is 5.75 Å². The first-order valence-electron chi connectivity index (χ1n) is 14.9. The number of hydrogen-bond donors (Lipinski definition) is 2. The highest BCUT2D eigenvalue weighted by Crippen LogP contribution is 2.44. The molecule has 252 valence electrons. The minimum Gasteiger partial charge on any atom is -0.496 e. The minimum absolute atomic E-state index is 0.159. The number of carboxylic acid groups (broad SMARTS) is 1. The van der Waals surface area contributed by atoms with Gasteiger partial charge >= 0.3 is 5.97 Å². The maximum absolute atomic E-state index is 14.6. The molecule has 0 spiro atoms. The number of nitrogens with one attached hydrogen (secondary N) is 1. The van der Waals surface area contributed by atoms with Crippen molar-refractivity contribution in [3.63, 3.8) is 0 Å². The van der Waals surface area contributed by atoms with E-state index < -0.39 is 40.1 Å². The third-order valence-electron chi connectivity index (χ3n) is 8.48. The van der Waals surface area contributed by atoms with Gasteiger partial charge in [-0.15, -0.1) is 0 Å². The summed E-state index contributed by atoms with van der Waals surface area (Å²) >= 11 is 0. The van der Waals surface area contributed by atoms with Gasteiger partial charge in [0.25, 0.3) is 5.91 Å². The maximum atomic E-state index is 14.6. The Morgan fingerprint density at radius 3 is 2.27 bits per heavy atom. The Hall–Kier alpha value is -5.69. The summed E-state index contributed by atoms with van der Waals surface area (Å²) in [4.78, 5) is 25.3. The van der Waals surface area contributed by atoms with Crippen LogP contribution >= 0.6 is 0 Å². The Kier molecular flexibility index (Phi) is 8.41. The van der Waals surface area contributed by atoms with E-state index in [0.29, 0.717) is 55.5 Å². The van der Waals surface area contributed by atoms with Gasteiger partial charge in [-0.1, -0.05) is 6.07 Å². The zero-order valence-electron chi connectivity index (χ0n) is 27.1. The van der Waals surface area contributed by atoms with Crippen molar-refractivity contribution < 1.29 is 41.0 Å². The van der Waals surface area contributed by atoms with E-state index in [9.17, 15) is 31.9 Å². The molecular weight excluding hydrogens is 656 g/mol. The van der Waals surface area contributed by atoms with E-state index in [1.54, 1.807) is 37.3 Å². The summed E-state index contributed by atoms with van der Waals surface area (Å²) in [6, 6.07) is 18.1. The number of methoxy groups -OCH3 is 1. The first-order chi connectivity index (χ1) is 23.2. The SMILES string of the molecule is CNC(=O)c1c(-c2ccc(F)cc2)oc2cc(N(C)S(C)(=O)=O)c(-c3ccc(OC)c(-c4cc5c(C)cc(F)cc5n4CC(=O)O)c3)cc12. The number of carbonyl (C=O) groups is 2. The maximum Gasteiger partial charge on any atom is 0.323 e. The van der Waals surface area contributed by atoms with Crippen molar-refractivity contribution >= 4 is 49.5 Å². The fourth-order valence-corrected chi connectivity index (χ4v) is 6.56. The van der Waals surface area contributed by atoms with Crippen molar-refractivity contribution in [2.75, 3.05) is 31.8 Å². The van der Waals surface area contributed by atoms with Gasteiger partial charge < -0.3 is 24.1 Å². The van der Waals surface area contributed by atoms with Crippen LogP contribution in [-0.2, 0) is 21.4 Å². The number of benzene rings is 4. The molecule has 2 aromatic heterocycles. The van der Waals surface area contributed by atoms with Crippen molar-refractivity contribution in [1.82, 2.24) is 9.88 Å². The monoisotopic (exact) mass is 687 g/mol. The lowest BCUT2D eigenvalue weighted by molar-refractivity contribution is -0.137. The van der Waals surface area contributed by atoms with Crippen LogP contribution in [0.4, 0.5) is 14.5 Å². The summed E-state index contributed by atoms with van der Waals surface area (Å²) in [5, 5.41) is 13.4. The molecular formula is C36H31F2N3O7S. The molecule has 0 bridgehead atoms. The highest BCUT2D eigenvalue weighted by Gasteiger charge is 2.27. The predicted molar refractivity (Wildman–Crippen MR) is 183 cm³/mol. The molecule has 0 aliphatic carbocycles. The van der Waals surface area contributed by atoms with E-state index in [0.717, 1.165) is 10.6 Å². The van der Waals surface area contributed by atoms with Gasteiger partial charge in [-0.2, -0.15) is 0 Å². The van der Waals surface area contributed by atoms with Crippen molar-refractivity contribution in [2.24, 2.45) is 0 Å². The number of aryl methyl sites for hydroxylation is 1. The minimum atomic E-state index is -3.82. The fourth-order valence-electron chi connectivity index (χ4n) is 6.05. The van der Waals surface area contributed by atoms with Crippen LogP contribution in [0.3, 0.4) is 0 Å². The highest BCUT2D eigenvalue weighted by atomic mass is 32.2. The van der Waals surface area contributed by atoms with Crippen molar-refractivity contribution in [2.45, 2.75) is 13.5 Å². The zero-order chi connectivity index (χ0) is 35.4. The van der Waals surface area contributed by atoms with E-state index in [4.69, 9.17) is 9.15 Å². The van der Waals surface area contributed by atoms with E-state index in [1.807, 2.05) is 0 Å². The first kappa shape index (κ1) is 33.2. The van der Waals surface area contributed by atoms with Crippen molar-refractivity contribution in [1.29, 1.82) is 0 Å². The number of furan rings is 1. The molecule has 0 aliphatic heterocycles. The number of aromatic nitrogens is 1. The molecule has 10 nitrogen and oxygen atoms in total. The predicted octanol–water partition coefficient (Wildman–Crippen LogP) is 6.82. The number of anilines is 1. The number of aliphatic carboxylic acids is 1. The van der Waals surface area contributed by atoms with Gasteiger partial charge in [-0.3, -0.25) is 13.9 Å². The second-order valence-corrected chi connectivity index (χ2v) is 13.6. The molecule has 0 aliphatic rings. The van der Waals surface area contributed by atoms with Gasteiger partial charge in [-0.25, -0.2) is 17.2 Å². The molecule has 0 unspecified atom stereocenters. The molecule has 0 radical (unpaired) electrons. The summed E-state index contributed by atoms with van der Waals surface area (Å²) in [6.45, 7) is 1.26. The van der Waals surface area contributed by atoms with E-state index in [1.165, 1.54) is 68.2 Å². The van der Waals surface area contributed by atoms with E-state index in [2.05, 4.69) is 5.32 Å². The fraction of sp³-hybridized carbons (Fsp3) is 0.167. The molecule has 0 atom stereocenters. The van der Waals surface area contributed by atoms with Crippen LogP contribution in [0.15, 0.2) is 77.2 Å². The van der Waals surface area contributed by atoms with E-state index >= 15 is 0 Å². The first-order valence-corrected chi connectivity index (χ1v) is 16.8. The van der Waals surface area contributed by atoms with Gasteiger partial charge in [0.1, 0.15) is 35.3 Å². The lowest BCUT2D eigenvalue weighted by Gasteiger charge is -2.21. The van der Waals surface area contributed by atoms with Crippen LogP contribution in [0.1, 0.15) is 15.9 Å². The van der Waals surface area contributed by atoms with Gasteiger partial charge in [0, 0.05) is 47.6 Å². The van der Waals surface area contributed by atoms with Crippen molar-refractivity contribution in [3.8, 4) is 39.5 Å². The Morgan fingerprint density at radius 1 is 0.939 bits per heavy atom. The number of hydrogen-bond acceptors (Lipinski definition) is 6. The number of fused-ring (bicyclic) bond motifs is 2. The molecule has 2 N–H and O–H groups in total. The number of sulfonamides is 1. The number of amides is 1. The topological polar surface area (TPSA) is 131 Å². The Morgan fingerprint density at radius 2 is 1.63 bits per heavy atom. The van der Waals surface area contributed by atoms with Crippen LogP contribution in [0.2, 0.25) is 0 Å². The lowest BCUT2D eigenvalue weighted by Crippen LogP contribution is -2.25. The summed E-state index contributed by atoms with van der Waals surface area (Å²) in [5.41, 5.74) is 3.77. The Balaban J connectivity index is 1.67. The molecule has 1 amide bonds. The van der Waals surface area contributed by atoms with Gasteiger partial charge in [0.15, 0.2) is 0 Å². The highest BCUT2D eigenvalue weighted by molar-refractivity contribution is 7.92. The second kappa shape index (κ2) is 12.4. The van der Waals surface area contributed by atoms with E-state index in [-0.39, 0.29) is 22.6 Å². The summed E-state index contributed by atoms with van der Waals surface area (Å²) in [6.07, 6.45) is 1.05. The molecule has 6 rings (SSSR count). The smallest absolute Gasteiger partial charge is 0.323 e. The summed E-state index contributed by atoms with van der Waals surface area (Å²) in [7, 11) is 0.487. The molecule has 0 saturated heterocycles. The standard InChI is InChI=1S/C36H31F2N3O7S/c1-19-12-23(38)14-29-24(19)16-30(41(29)18-33(42)43)26-13-21(8-11-31(26)47-4)25-15-27-32(17-28(25)40(3)49(5,45)46)48-35(34(27)36(44)39-2)20-6-9-22(37)10-7-20/h6-17H,18H2,1-5H3,(H,39,44)(H,42,43). The average molecular weight is 688 g/mol. The second-order valence-electron chi connectivity index (χ2n) is 11.6. The van der Waals surface area contributed by atoms with Gasteiger partial charge in [0.05, 0.1) is 35.8 Å². The molecule has 0 fully saturated rings. The largest absolute Gasteiger partial charge is 0.496 e. The number of ether oxygens (including phenoxy) is 1. The van der Waals surface area contributed by atoms with Gasteiger partial charge in [0.2, 0.25) is 10.0 Å². The number of nitrogens with zero attached hydrogens (tertiary/aromatic N) is 2. The number of carbonyl (C=O) groups excluding carboxylic acids is 1. The average Bonchev–Trinajstić information content (AvgIpc) is 3.61. The van der Waals surface area contributed by atoms with Gasteiger partial charge in [-0.05, 0) is 78.7 Å². The number of rotatable bonds is 9. The molecule has 6 aromatic rings. The quantitative estimate of drug-likeness (QED) is 0.171. The third kappa shape index (κ3) is 5.97. The third-order valence-corrected chi connectivity index (χ3v) is 9.67. The molecule has 49 heavy (non-hydrogen) atoms. The normalized spacial score (nSPS) is 11.7. The molecule has 13 heteroatoms.